The number of carbonyl (C=O) groups excluding carboxylic acids is 1. The number of rotatable bonds is 6. The van der Waals surface area contributed by atoms with Gasteiger partial charge in [0.05, 0.1) is 23.6 Å². The normalized spacial score (nSPS) is 22.8. The Hall–Kier alpha value is -1.37. The van der Waals surface area contributed by atoms with Crippen molar-refractivity contribution in [1.29, 1.82) is 0 Å². The quantitative estimate of drug-likeness (QED) is 0.789. The first-order chi connectivity index (χ1) is 11.1. The van der Waals surface area contributed by atoms with Crippen LogP contribution in [0.5, 0.6) is 0 Å². The van der Waals surface area contributed by atoms with Crippen LogP contribution in [0, 0.1) is 0 Å². The van der Waals surface area contributed by atoms with Crippen LogP contribution in [0.25, 0.3) is 0 Å². The third-order valence-electron chi connectivity index (χ3n) is 5.06. The Morgan fingerprint density at radius 1 is 1.17 bits per heavy atom. The molecular formula is C16H25N3O3S. The molecule has 1 aromatic rings. The lowest BCUT2D eigenvalue weighted by Gasteiger charge is -2.25. The number of aromatic nitrogens is 2. The van der Waals surface area contributed by atoms with Crippen molar-refractivity contribution in [1.82, 2.24) is 14.7 Å². The maximum Gasteiger partial charge on any atom is 0.223 e. The van der Waals surface area contributed by atoms with E-state index in [1.54, 1.807) is 6.20 Å². The lowest BCUT2D eigenvalue weighted by molar-refractivity contribution is -0.131. The van der Waals surface area contributed by atoms with Gasteiger partial charge in [-0.3, -0.25) is 9.48 Å². The van der Waals surface area contributed by atoms with Crippen LogP contribution < -0.4 is 0 Å². The maximum atomic E-state index is 12.5. The molecule has 1 aliphatic heterocycles. The molecule has 0 bridgehead atoms. The third-order valence-corrected chi connectivity index (χ3v) is 7.33. The molecule has 0 spiro atoms. The van der Waals surface area contributed by atoms with Gasteiger partial charge in [0, 0.05) is 25.4 Å². The van der Waals surface area contributed by atoms with Crippen molar-refractivity contribution >= 4 is 15.7 Å². The number of hydrogen-bond acceptors (Lipinski definition) is 4. The van der Waals surface area contributed by atoms with Crippen molar-refractivity contribution in [3.05, 3.63) is 18.5 Å². The standard InChI is InChI=1S/C16H25N3O3S/c20-16(8-12-23(21,22)15-6-1-2-7-15)19-11-3-5-14(19)13-18-10-4-9-17-18/h4,9-10,14-15H,1-3,5-8,11-13H2/t14-/m0/s1. The van der Waals surface area contributed by atoms with Crippen LogP contribution in [0.4, 0.5) is 0 Å². The topological polar surface area (TPSA) is 72.3 Å². The highest BCUT2D eigenvalue weighted by Crippen LogP contribution is 2.26. The average molecular weight is 339 g/mol. The Morgan fingerprint density at radius 2 is 1.96 bits per heavy atom. The molecule has 2 heterocycles. The molecule has 1 aromatic heterocycles. The Morgan fingerprint density at radius 3 is 2.65 bits per heavy atom. The fraction of sp³-hybridized carbons (Fsp3) is 0.750. The summed E-state index contributed by atoms with van der Waals surface area (Å²) in [6.45, 7) is 1.42. The van der Waals surface area contributed by atoms with E-state index in [1.165, 1.54) is 0 Å². The van der Waals surface area contributed by atoms with Gasteiger partial charge in [0.25, 0.3) is 0 Å². The number of amides is 1. The largest absolute Gasteiger partial charge is 0.338 e. The lowest BCUT2D eigenvalue weighted by Crippen LogP contribution is -2.39. The number of likely N-dealkylation sites (tertiary alicyclic amines) is 1. The van der Waals surface area contributed by atoms with E-state index in [9.17, 15) is 13.2 Å². The molecule has 23 heavy (non-hydrogen) atoms. The monoisotopic (exact) mass is 339 g/mol. The van der Waals surface area contributed by atoms with Gasteiger partial charge >= 0.3 is 0 Å². The SMILES string of the molecule is O=C(CCS(=O)(=O)C1CCCC1)N1CCC[C@H]1Cn1cccn1. The highest BCUT2D eigenvalue weighted by Gasteiger charge is 2.32. The summed E-state index contributed by atoms with van der Waals surface area (Å²) in [6.07, 6.45) is 9.21. The lowest BCUT2D eigenvalue weighted by atomic mass is 10.2. The van der Waals surface area contributed by atoms with Gasteiger partial charge in [-0.15, -0.1) is 0 Å². The number of carbonyl (C=O) groups is 1. The van der Waals surface area contributed by atoms with Crippen molar-refractivity contribution in [2.24, 2.45) is 0 Å². The molecule has 1 atom stereocenters. The molecule has 0 radical (unpaired) electrons. The van der Waals surface area contributed by atoms with Crippen LogP contribution in [0.2, 0.25) is 0 Å². The molecule has 128 valence electrons. The van der Waals surface area contributed by atoms with Gasteiger partial charge < -0.3 is 4.90 Å². The molecule has 2 fully saturated rings. The van der Waals surface area contributed by atoms with Gasteiger partial charge in [-0.25, -0.2) is 8.42 Å². The van der Waals surface area contributed by atoms with E-state index in [2.05, 4.69) is 5.10 Å². The molecule has 1 aliphatic carbocycles. The van der Waals surface area contributed by atoms with Crippen LogP contribution in [0.1, 0.15) is 44.9 Å². The van der Waals surface area contributed by atoms with Crippen LogP contribution >= 0.6 is 0 Å². The molecule has 3 rings (SSSR count). The zero-order chi connectivity index (χ0) is 16.3. The van der Waals surface area contributed by atoms with Crippen LogP contribution in [0.15, 0.2) is 18.5 Å². The molecule has 0 unspecified atom stereocenters. The summed E-state index contributed by atoms with van der Waals surface area (Å²) in [4.78, 5) is 14.3. The van der Waals surface area contributed by atoms with Gasteiger partial charge in [-0.1, -0.05) is 12.8 Å². The number of sulfone groups is 1. The molecule has 6 nitrogen and oxygen atoms in total. The summed E-state index contributed by atoms with van der Waals surface area (Å²) < 4.78 is 26.4. The van der Waals surface area contributed by atoms with Gasteiger partial charge in [0.15, 0.2) is 9.84 Å². The van der Waals surface area contributed by atoms with E-state index in [-0.39, 0.29) is 29.4 Å². The molecule has 0 N–H and O–H groups in total. The van der Waals surface area contributed by atoms with E-state index in [0.29, 0.717) is 6.54 Å². The molecule has 1 amide bonds. The molecular weight excluding hydrogens is 314 g/mol. The Balaban J connectivity index is 1.54. The summed E-state index contributed by atoms with van der Waals surface area (Å²) >= 11 is 0. The summed E-state index contributed by atoms with van der Waals surface area (Å²) in [7, 11) is -3.12. The average Bonchev–Trinajstić information content (AvgIpc) is 3.27. The van der Waals surface area contributed by atoms with E-state index in [0.717, 1.165) is 45.1 Å². The van der Waals surface area contributed by atoms with Gasteiger partial charge in [0.1, 0.15) is 0 Å². The zero-order valence-electron chi connectivity index (χ0n) is 13.4. The first-order valence-electron chi connectivity index (χ1n) is 8.55. The third kappa shape index (κ3) is 3.94. The van der Waals surface area contributed by atoms with E-state index in [4.69, 9.17) is 0 Å². The highest BCUT2D eigenvalue weighted by molar-refractivity contribution is 7.92. The Kier molecular flexibility index (Phi) is 5.04. The van der Waals surface area contributed by atoms with Crippen molar-refractivity contribution < 1.29 is 13.2 Å². The van der Waals surface area contributed by atoms with Crippen molar-refractivity contribution in [3.8, 4) is 0 Å². The summed E-state index contributed by atoms with van der Waals surface area (Å²) in [5.41, 5.74) is 0. The summed E-state index contributed by atoms with van der Waals surface area (Å²) in [5.74, 6) is -0.0252. The predicted molar refractivity (Wildman–Crippen MR) is 87.6 cm³/mol. The minimum atomic E-state index is -3.12. The maximum absolute atomic E-state index is 12.5. The van der Waals surface area contributed by atoms with Crippen molar-refractivity contribution in [2.75, 3.05) is 12.3 Å². The Bertz CT molecular complexity index is 621. The zero-order valence-corrected chi connectivity index (χ0v) is 14.2. The van der Waals surface area contributed by atoms with Gasteiger partial charge in [-0.2, -0.15) is 5.10 Å². The van der Waals surface area contributed by atoms with Gasteiger partial charge in [-0.05, 0) is 31.7 Å². The number of hydrogen-bond donors (Lipinski definition) is 0. The molecule has 7 heteroatoms. The van der Waals surface area contributed by atoms with Crippen molar-refractivity contribution in [2.45, 2.75) is 62.8 Å². The first-order valence-corrected chi connectivity index (χ1v) is 10.3. The highest BCUT2D eigenvalue weighted by atomic mass is 32.2. The second-order valence-corrected chi connectivity index (χ2v) is 9.04. The molecule has 1 saturated carbocycles. The van der Waals surface area contributed by atoms with Crippen LogP contribution in [-0.4, -0.2) is 52.6 Å². The fourth-order valence-corrected chi connectivity index (χ4v) is 5.61. The predicted octanol–water partition coefficient (Wildman–Crippen LogP) is 1.62. The number of nitrogens with zero attached hydrogens (tertiary/aromatic N) is 3. The van der Waals surface area contributed by atoms with E-state index >= 15 is 0 Å². The summed E-state index contributed by atoms with van der Waals surface area (Å²) in [5, 5.41) is 3.98. The molecule has 1 saturated heterocycles. The van der Waals surface area contributed by atoms with E-state index in [1.807, 2.05) is 21.8 Å². The Labute approximate surface area is 137 Å². The minimum absolute atomic E-state index is 0.00148. The second-order valence-electron chi connectivity index (χ2n) is 6.63. The molecule has 0 aromatic carbocycles. The second kappa shape index (κ2) is 7.03. The first kappa shape index (κ1) is 16.5. The van der Waals surface area contributed by atoms with Gasteiger partial charge in [0.2, 0.25) is 5.91 Å². The fourth-order valence-electron chi connectivity index (χ4n) is 3.77. The van der Waals surface area contributed by atoms with E-state index < -0.39 is 9.84 Å². The molecule has 2 aliphatic rings. The minimum Gasteiger partial charge on any atom is -0.338 e. The summed E-state index contributed by atoms with van der Waals surface area (Å²) in [6, 6.07) is 2.01. The van der Waals surface area contributed by atoms with Crippen molar-refractivity contribution in [3.63, 3.8) is 0 Å². The smallest absolute Gasteiger partial charge is 0.223 e. The van der Waals surface area contributed by atoms with Crippen LogP contribution in [0.3, 0.4) is 0 Å². The van der Waals surface area contributed by atoms with Crippen LogP contribution in [-0.2, 0) is 21.2 Å².